The summed E-state index contributed by atoms with van der Waals surface area (Å²) in [5.41, 5.74) is 1.79. The molecule has 3 rings (SSSR count). The largest absolute Gasteiger partial charge is 0.497 e. The number of benzene rings is 1. The number of nitrogens with zero attached hydrogens (tertiary/aromatic N) is 2. The first kappa shape index (κ1) is 20.1. The highest BCUT2D eigenvalue weighted by molar-refractivity contribution is 7.14. The summed E-state index contributed by atoms with van der Waals surface area (Å²) >= 11 is 1.40. The van der Waals surface area contributed by atoms with Crippen molar-refractivity contribution < 1.29 is 24.0 Å². The molecule has 1 aromatic heterocycles. The quantitative estimate of drug-likeness (QED) is 0.752. The molecule has 1 saturated heterocycles. The number of anilines is 1. The Bertz CT molecular complexity index is 801. The minimum absolute atomic E-state index is 0.0739. The van der Waals surface area contributed by atoms with Crippen molar-refractivity contribution in [3.8, 4) is 17.0 Å². The lowest BCUT2D eigenvalue weighted by Crippen LogP contribution is -3.15. The summed E-state index contributed by atoms with van der Waals surface area (Å²) < 4.78 is 10.2. The first-order chi connectivity index (χ1) is 13.6. The third-order valence-electron chi connectivity index (χ3n) is 4.54. The molecular formula is C19H25N4O4S+. The van der Waals surface area contributed by atoms with Crippen molar-refractivity contribution in [3.63, 3.8) is 0 Å². The highest BCUT2D eigenvalue weighted by Gasteiger charge is 2.26. The molecule has 28 heavy (non-hydrogen) atoms. The summed E-state index contributed by atoms with van der Waals surface area (Å²) in [6.07, 6.45) is -0.278. The minimum atomic E-state index is -0.278. The molecule has 0 unspecified atom stereocenters. The lowest BCUT2D eigenvalue weighted by atomic mass is 10.2. The van der Waals surface area contributed by atoms with Crippen molar-refractivity contribution in [3.05, 3.63) is 29.6 Å². The summed E-state index contributed by atoms with van der Waals surface area (Å²) in [5.74, 6) is 0.716. The fourth-order valence-corrected chi connectivity index (χ4v) is 3.75. The number of piperazine rings is 1. The maximum Gasteiger partial charge on any atom is 0.410 e. The Labute approximate surface area is 168 Å². The Morgan fingerprint density at radius 3 is 2.61 bits per heavy atom. The van der Waals surface area contributed by atoms with E-state index in [4.69, 9.17) is 9.47 Å². The zero-order valence-electron chi connectivity index (χ0n) is 16.1. The fourth-order valence-electron chi connectivity index (χ4n) is 3.01. The molecule has 0 aliphatic carbocycles. The van der Waals surface area contributed by atoms with Gasteiger partial charge in [-0.05, 0) is 31.2 Å². The average molecular weight is 406 g/mol. The summed E-state index contributed by atoms with van der Waals surface area (Å²) in [5, 5.41) is 5.38. The summed E-state index contributed by atoms with van der Waals surface area (Å²) in [4.78, 5) is 31.4. The van der Waals surface area contributed by atoms with Crippen LogP contribution in [0.5, 0.6) is 5.75 Å². The molecule has 1 aromatic carbocycles. The highest BCUT2D eigenvalue weighted by Crippen LogP contribution is 2.26. The zero-order chi connectivity index (χ0) is 19.9. The standard InChI is InChI=1S/C19H24N4O4S/c1-3-27-19(25)23-10-8-22(9-11-23)12-17(24)21-18-20-16(13-28-18)14-4-6-15(26-2)7-5-14/h4-7,13H,3,8-12H2,1-2H3,(H,20,21,24)/p+1. The molecule has 0 bridgehead atoms. The maximum absolute atomic E-state index is 12.3. The summed E-state index contributed by atoms with van der Waals surface area (Å²) in [7, 11) is 1.63. The number of hydrogen-bond donors (Lipinski definition) is 2. The van der Waals surface area contributed by atoms with Gasteiger partial charge in [0.1, 0.15) is 5.75 Å². The van der Waals surface area contributed by atoms with Gasteiger partial charge in [0, 0.05) is 10.9 Å². The highest BCUT2D eigenvalue weighted by atomic mass is 32.1. The first-order valence-electron chi connectivity index (χ1n) is 9.24. The second-order valence-electron chi connectivity index (χ2n) is 6.43. The van der Waals surface area contributed by atoms with E-state index in [0.717, 1.165) is 35.0 Å². The van der Waals surface area contributed by atoms with Gasteiger partial charge in [-0.1, -0.05) is 0 Å². The molecule has 2 aromatic rings. The van der Waals surface area contributed by atoms with Crippen molar-refractivity contribution in [2.75, 3.05) is 51.8 Å². The Morgan fingerprint density at radius 2 is 1.96 bits per heavy atom. The van der Waals surface area contributed by atoms with Gasteiger partial charge in [0.2, 0.25) is 0 Å². The van der Waals surface area contributed by atoms with Crippen LogP contribution in [0.25, 0.3) is 11.3 Å². The van der Waals surface area contributed by atoms with Crippen LogP contribution in [0.1, 0.15) is 6.92 Å². The van der Waals surface area contributed by atoms with Crippen LogP contribution in [0.15, 0.2) is 29.6 Å². The Balaban J connectivity index is 1.48. The molecule has 0 spiro atoms. The molecule has 0 radical (unpaired) electrons. The lowest BCUT2D eigenvalue weighted by Gasteiger charge is -2.31. The van der Waals surface area contributed by atoms with Crippen LogP contribution in [0.2, 0.25) is 0 Å². The number of methoxy groups -OCH3 is 1. The van der Waals surface area contributed by atoms with Gasteiger partial charge in [-0.2, -0.15) is 0 Å². The van der Waals surface area contributed by atoms with E-state index in [2.05, 4.69) is 10.3 Å². The minimum Gasteiger partial charge on any atom is -0.497 e. The Kier molecular flexibility index (Phi) is 6.83. The number of nitrogens with one attached hydrogen (secondary N) is 2. The molecule has 2 heterocycles. The van der Waals surface area contributed by atoms with E-state index in [-0.39, 0.29) is 12.0 Å². The third-order valence-corrected chi connectivity index (χ3v) is 5.30. The Morgan fingerprint density at radius 1 is 1.25 bits per heavy atom. The van der Waals surface area contributed by atoms with Gasteiger partial charge in [-0.25, -0.2) is 9.78 Å². The van der Waals surface area contributed by atoms with Crippen LogP contribution in [0.3, 0.4) is 0 Å². The molecule has 150 valence electrons. The molecule has 0 atom stereocenters. The van der Waals surface area contributed by atoms with E-state index < -0.39 is 0 Å². The van der Waals surface area contributed by atoms with Gasteiger partial charge in [0.25, 0.3) is 5.91 Å². The SMILES string of the molecule is CCOC(=O)N1CC[NH+](CC(=O)Nc2nc(-c3ccc(OC)cc3)cs2)CC1. The van der Waals surface area contributed by atoms with Gasteiger partial charge in [0.15, 0.2) is 11.7 Å². The van der Waals surface area contributed by atoms with E-state index >= 15 is 0 Å². The molecule has 0 saturated carbocycles. The van der Waals surface area contributed by atoms with Gasteiger partial charge < -0.3 is 14.4 Å². The van der Waals surface area contributed by atoms with Crippen LogP contribution >= 0.6 is 11.3 Å². The van der Waals surface area contributed by atoms with Crippen molar-refractivity contribution in [2.45, 2.75) is 6.92 Å². The number of quaternary nitrogens is 1. The molecule has 8 nitrogen and oxygen atoms in total. The molecule has 1 aliphatic rings. The van der Waals surface area contributed by atoms with Crippen molar-refractivity contribution >= 4 is 28.5 Å². The molecule has 2 amide bonds. The fraction of sp³-hybridized carbons (Fsp3) is 0.421. The number of amides is 2. The predicted molar refractivity (Wildman–Crippen MR) is 107 cm³/mol. The monoisotopic (exact) mass is 405 g/mol. The van der Waals surface area contributed by atoms with Gasteiger partial charge in [-0.15, -0.1) is 11.3 Å². The van der Waals surface area contributed by atoms with Crippen molar-refractivity contribution in [1.29, 1.82) is 0 Å². The normalized spacial score (nSPS) is 14.6. The number of aromatic nitrogens is 1. The molecule has 2 N–H and O–H groups in total. The maximum atomic E-state index is 12.3. The Hall–Kier alpha value is -2.65. The van der Waals surface area contributed by atoms with Crippen molar-refractivity contribution in [1.82, 2.24) is 9.88 Å². The predicted octanol–water partition coefficient (Wildman–Crippen LogP) is 1.11. The van der Waals surface area contributed by atoms with Crippen LogP contribution in [0, 0.1) is 0 Å². The molecule has 9 heteroatoms. The van der Waals surface area contributed by atoms with E-state index in [1.54, 1.807) is 18.9 Å². The number of thiazole rings is 1. The van der Waals surface area contributed by atoms with E-state index in [0.29, 0.717) is 31.4 Å². The number of ether oxygens (including phenoxy) is 2. The summed E-state index contributed by atoms with van der Waals surface area (Å²) in [6, 6.07) is 7.64. The number of hydrogen-bond acceptors (Lipinski definition) is 6. The van der Waals surface area contributed by atoms with Gasteiger partial charge in [-0.3, -0.25) is 15.0 Å². The summed E-state index contributed by atoms with van der Waals surface area (Å²) in [6.45, 7) is 5.17. The smallest absolute Gasteiger partial charge is 0.410 e. The van der Waals surface area contributed by atoms with Crippen LogP contribution < -0.4 is 15.0 Å². The van der Waals surface area contributed by atoms with Crippen LogP contribution in [-0.4, -0.2) is 68.3 Å². The lowest BCUT2D eigenvalue weighted by molar-refractivity contribution is -0.895. The first-order valence-corrected chi connectivity index (χ1v) is 10.1. The number of rotatable bonds is 6. The number of carbonyl (C=O) groups excluding carboxylic acids is 2. The van der Waals surface area contributed by atoms with Crippen LogP contribution in [-0.2, 0) is 9.53 Å². The second kappa shape index (κ2) is 9.52. The molecule has 1 fully saturated rings. The van der Waals surface area contributed by atoms with E-state index in [1.165, 1.54) is 11.3 Å². The third kappa shape index (κ3) is 5.20. The van der Waals surface area contributed by atoms with E-state index in [1.807, 2.05) is 29.6 Å². The zero-order valence-corrected chi connectivity index (χ0v) is 16.9. The molecule has 1 aliphatic heterocycles. The second-order valence-corrected chi connectivity index (χ2v) is 7.29. The molecular weight excluding hydrogens is 380 g/mol. The average Bonchev–Trinajstić information content (AvgIpc) is 3.17. The number of carbonyl (C=O) groups is 2. The van der Waals surface area contributed by atoms with E-state index in [9.17, 15) is 9.59 Å². The van der Waals surface area contributed by atoms with Gasteiger partial charge in [0.05, 0.1) is 45.6 Å². The van der Waals surface area contributed by atoms with Crippen LogP contribution in [0.4, 0.5) is 9.93 Å². The topological polar surface area (TPSA) is 85.2 Å². The van der Waals surface area contributed by atoms with Crippen molar-refractivity contribution in [2.24, 2.45) is 0 Å². The van der Waals surface area contributed by atoms with Gasteiger partial charge >= 0.3 is 6.09 Å².